The van der Waals surface area contributed by atoms with Crippen LogP contribution in [0.2, 0.25) is 0 Å². The van der Waals surface area contributed by atoms with Gasteiger partial charge >= 0.3 is 6.09 Å². The third-order valence-corrected chi connectivity index (χ3v) is 2.59. The van der Waals surface area contributed by atoms with Crippen molar-refractivity contribution in [3.63, 3.8) is 0 Å². The van der Waals surface area contributed by atoms with Gasteiger partial charge in [-0.15, -0.1) is 0 Å². The Morgan fingerprint density at radius 2 is 2.00 bits per heavy atom. The molecule has 94 valence electrons. The second-order valence-corrected chi connectivity index (χ2v) is 5.36. The lowest BCUT2D eigenvalue weighted by Crippen LogP contribution is -2.43. The maximum atomic E-state index is 11.8. The Balaban J connectivity index is 2.48. The highest BCUT2D eigenvalue weighted by molar-refractivity contribution is 5.68. The largest absolute Gasteiger partial charge is 0.444 e. The average Bonchev–Trinajstić information content (AvgIpc) is 2.46. The van der Waals surface area contributed by atoms with Crippen molar-refractivity contribution in [3.8, 4) is 0 Å². The summed E-state index contributed by atoms with van der Waals surface area (Å²) in [6, 6.07) is 0.289. The predicted molar refractivity (Wildman–Crippen MR) is 63.0 cm³/mol. The van der Waals surface area contributed by atoms with Gasteiger partial charge in [0.2, 0.25) is 0 Å². The second-order valence-electron chi connectivity index (χ2n) is 5.36. The Hall–Kier alpha value is -0.810. The number of carbonyl (C=O) groups is 1. The number of carbonyl (C=O) groups excluding carboxylic acids is 1. The zero-order chi connectivity index (χ0) is 12.3. The highest BCUT2D eigenvalue weighted by Gasteiger charge is 2.34. The molecule has 0 aromatic heterocycles. The van der Waals surface area contributed by atoms with E-state index in [2.05, 4.69) is 17.8 Å². The van der Waals surface area contributed by atoms with E-state index in [1.807, 2.05) is 27.8 Å². The molecule has 2 unspecified atom stereocenters. The number of nitrogens with zero attached hydrogens (tertiary/aromatic N) is 1. The Morgan fingerprint density at radius 3 is 2.50 bits per heavy atom. The van der Waals surface area contributed by atoms with E-state index < -0.39 is 5.60 Å². The molecule has 0 aromatic rings. The minimum atomic E-state index is -0.422. The molecular weight excluding hydrogens is 206 g/mol. The first-order chi connectivity index (χ1) is 7.33. The van der Waals surface area contributed by atoms with Crippen molar-refractivity contribution in [2.75, 3.05) is 20.1 Å². The van der Waals surface area contributed by atoms with E-state index in [4.69, 9.17) is 4.74 Å². The number of ether oxygens (including phenoxy) is 1. The number of rotatable bonds is 2. The Kier molecular flexibility index (Phi) is 4.15. The van der Waals surface area contributed by atoms with Crippen molar-refractivity contribution in [1.82, 2.24) is 15.8 Å². The third kappa shape index (κ3) is 3.64. The molecule has 1 fully saturated rings. The first-order valence-electron chi connectivity index (χ1n) is 5.73. The molecule has 0 spiro atoms. The van der Waals surface area contributed by atoms with Gasteiger partial charge in [-0.1, -0.05) is 6.92 Å². The van der Waals surface area contributed by atoms with Crippen molar-refractivity contribution in [2.45, 2.75) is 39.3 Å². The second kappa shape index (κ2) is 5.01. The summed E-state index contributed by atoms with van der Waals surface area (Å²) >= 11 is 0. The van der Waals surface area contributed by atoms with Crippen molar-refractivity contribution in [3.05, 3.63) is 0 Å². The zero-order valence-corrected chi connectivity index (χ0v) is 10.8. The molecule has 1 rings (SSSR count). The van der Waals surface area contributed by atoms with Crippen LogP contribution in [-0.4, -0.2) is 42.8 Å². The summed E-state index contributed by atoms with van der Waals surface area (Å²) in [5, 5.41) is 0. The molecule has 1 aliphatic rings. The van der Waals surface area contributed by atoms with Gasteiger partial charge in [0.1, 0.15) is 5.60 Å². The average molecular weight is 229 g/mol. The normalized spacial score (nSPS) is 25.9. The monoisotopic (exact) mass is 229 g/mol. The van der Waals surface area contributed by atoms with Gasteiger partial charge in [0.15, 0.2) is 0 Å². The van der Waals surface area contributed by atoms with E-state index in [-0.39, 0.29) is 12.1 Å². The van der Waals surface area contributed by atoms with Crippen LogP contribution in [0.25, 0.3) is 0 Å². The van der Waals surface area contributed by atoms with Crippen molar-refractivity contribution in [1.29, 1.82) is 0 Å². The first kappa shape index (κ1) is 13.3. The molecule has 5 nitrogen and oxygen atoms in total. The van der Waals surface area contributed by atoms with Gasteiger partial charge in [0, 0.05) is 19.1 Å². The number of hydrogen-bond acceptors (Lipinski definition) is 4. The van der Waals surface area contributed by atoms with Crippen LogP contribution < -0.4 is 10.9 Å². The van der Waals surface area contributed by atoms with Crippen LogP contribution in [-0.2, 0) is 4.74 Å². The van der Waals surface area contributed by atoms with Crippen LogP contribution in [0.1, 0.15) is 27.7 Å². The lowest BCUT2D eigenvalue weighted by atomic mass is 10.1. The maximum absolute atomic E-state index is 11.8. The predicted octanol–water partition coefficient (Wildman–Crippen LogP) is 0.966. The van der Waals surface area contributed by atoms with Crippen LogP contribution in [0.5, 0.6) is 0 Å². The quantitative estimate of drug-likeness (QED) is 0.693. The molecule has 0 aliphatic carbocycles. The van der Waals surface area contributed by atoms with Crippen LogP contribution in [0, 0.1) is 5.92 Å². The standard InChI is InChI=1S/C11H23N3O2/c1-8-6-14(7-9(8)13-12-5)10(15)16-11(2,3)4/h8-9,12-13H,6-7H2,1-5H3. The Morgan fingerprint density at radius 1 is 1.38 bits per heavy atom. The van der Waals surface area contributed by atoms with Crippen LogP contribution in [0.15, 0.2) is 0 Å². The maximum Gasteiger partial charge on any atom is 0.410 e. The van der Waals surface area contributed by atoms with Gasteiger partial charge in [-0.05, 0) is 33.7 Å². The highest BCUT2D eigenvalue weighted by Crippen LogP contribution is 2.19. The van der Waals surface area contributed by atoms with Gasteiger partial charge in [-0.3, -0.25) is 10.9 Å². The summed E-state index contributed by atoms with van der Waals surface area (Å²) in [5.74, 6) is 0.431. The van der Waals surface area contributed by atoms with Gasteiger partial charge < -0.3 is 9.64 Å². The lowest BCUT2D eigenvalue weighted by molar-refractivity contribution is 0.0286. The molecule has 0 saturated carbocycles. The van der Waals surface area contributed by atoms with E-state index in [0.29, 0.717) is 12.5 Å². The van der Waals surface area contributed by atoms with E-state index >= 15 is 0 Å². The van der Waals surface area contributed by atoms with Gasteiger partial charge in [0.05, 0.1) is 0 Å². The number of nitrogens with one attached hydrogen (secondary N) is 2. The van der Waals surface area contributed by atoms with Crippen molar-refractivity contribution >= 4 is 6.09 Å². The minimum Gasteiger partial charge on any atom is -0.444 e. The number of hydrazine groups is 1. The van der Waals surface area contributed by atoms with Crippen LogP contribution in [0.4, 0.5) is 4.79 Å². The molecule has 0 bridgehead atoms. The molecule has 5 heteroatoms. The summed E-state index contributed by atoms with van der Waals surface area (Å²) in [5.41, 5.74) is 5.64. The van der Waals surface area contributed by atoms with Crippen LogP contribution >= 0.6 is 0 Å². The highest BCUT2D eigenvalue weighted by atomic mass is 16.6. The van der Waals surface area contributed by atoms with Gasteiger partial charge in [-0.25, -0.2) is 4.79 Å². The molecule has 2 N–H and O–H groups in total. The molecule has 1 aliphatic heterocycles. The molecular formula is C11H23N3O2. The summed E-state index contributed by atoms with van der Waals surface area (Å²) in [6.07, 6.45) is -0.222. The number of hydrogen-bond donors (Lipinski definition) is 2. The smallest absolute Gasteiger partial charge is 0.410 e. The van der Waals surface area contributed by atoms with E-state index in [0.717, 1.165) is 6.54 Å². The SMILES string of the molecule is CNNC1CN(C(=O)OC(C)(C)C)CC1C. The molecule has 16 heavy (non-hydrogen) atoms. The fourth-order valence-electron chi connectivity index (χ4n) is 1.82. The van der Waals surface area contributed by atoms with Crippen molar-refractivity contribution in [2.24, 2.45) is 5.92 Å². The fraction of sp³-hybridized carbons (Fsp3) is 0.909. The molecule has 2 atom stereocenters. The van der Waals surface area contributed by atoms with Crippen molar-refractivity contribution < 1.29 is 9.53 Å². The van der Waals surface area contributed by atoms with E-state index in [9.17, 15) is 4.79 Å². The third-order valence-electron chi connectivity index (χ3n) is 2.59. The molecule has 1 amide bonds. The van der Waals surface area contributed by atoms with E-state index in [1.54, 1.807) is 4.90 Å². The number of likely N-dealkylation sites (tertiary alicyclic amines) is 1. The minimum absolute atomic E-state index is 0.222. The van der Waals surface area contributed by atoms with E-state index in [1.165, 1.54) is 0 Å². The Labute approximate surface area is 97.5 Å². The summed E-state index contributed by atoms with van der Waals surface area (Å²) in [6.45, 7) is 9.21. The lowest BCUT2D eigenvalue weighted by Gasteiger charge is -2.24. The fourth-order valence-corrected chi connectivity index (χ4v) is 1.82. The summed E-state index contributed by atoms with van der Waals surface area (Å²) in [4.78, 5) is 13.6. The van der Waals surface area contributed by atoms with Gasteiger partial charge in [-0.2, -0.15) is 0 Å². The molecule has 0 radical (unpaired) electrons. The van der Waals surface area contributed by atoms with Gasteiger partial charge in [0.25, 0.3) is 0 Å². The summed E-state index contributed by atoms with van der Waals surface area (Å²) in [7, 11) is 1.84. The first-order valence-corrected chi connectivity index (χ1v) is 5.73. The topological polar surface area (TPSA) is 53.6 Å². The molecule has 0 aromatic carbocycles. The molecule has 1 heterocycles. The summed E-state index contributed by atoms with van der Waals surface area (Å²) < 4.78 is 5.34. The Bertz CT molecular complexity index is 250. The number of amides is 1. The molecule has 1 saturated heterocycles. The van der Waals surface area contributed by atoms with Crippen LogP contribution in [0.3, 0.4) is 0 Å². The zero-order valence-electron chi connectivity index (χ0n) is 10.8.